The zero-order valence-electron chi connectivity index (χ0n) is 34.6. The molecule has 10 aromatic carbocycles. The number of fused-ring (bicyclic) bond motifs is 12. The van der Waals surface area contributed by atoms with Gasteiger partial charge in [-0.25, -0.2) is 0 Å². The molecule has 0 radical (unpaired) electrons. The molecule has 0 aliphatic carbocycles. The van der Waals surface area contributed by atoms with Crippen LogP contribution in [0.2, 0.25) is 0 Å². The fraction of sp³-hybridized carbons (Fsp3) is 0. The summed E-state index contributed by atoms with van der Waals surface area (Å²) in [6.07, 6.45) is 0. The second-order valence-corrected chi connectivity index (χ2v) is 19.1. The Morgan fingerprint density at radius 3 is 1.31 bits per heavy atom. The van der Waals surface area contributed by atoms with Gasteiger partial charge in [0.1, 0.15) is 0 Å². The van der Waals surface area contributed by atoms with E-state index < -0.39 is 0 Å². The molecule has 0 fully saturated rings. The van der Waals surface area contributed by atoms with Crippen molar-refractivity contribution in [3.05, 3.63) is 224 Å². The monoisotopic (exact) mass is 879 g/mol. The fourth-order valence-corrected chi connectivity index (χ4v) is 13.3. The number of para-hydroxylation sites is 4. The van der Waals surface area contributed by atoms with Gasteiger partial charge in [0.05, 0.1) is 11.0 Å². The minimum absolute atomic E-state index is 0.166. The maximum absolute atomic E-state index is 2.52. The first-order chi connectivity index (χ1) is 31.8. The summed E-state index contributed by atoms with van der Waals surface area (Å²) in [5.74, 6) is 0. The van der Waals surface area contributed by atoms with Crippen LogP contribution in [0.25, 0.3) is 124 Å². The van der Waals surface area contributed by atoms with Gasteiger partial charge in [-0.15, -0.1) is 0 Å². The van der Waals surface area contributed by atoms with Crippen LogP contribution in [0.4, 0.5) is 0 Å². The zero-order chi connectivity index (χ0) is 41.9. The van der Waals surface area contributed by atoms with Gasteiger partial charge in [0.2, 0.25) is 0 Å². The fourth-order valence-electron chi connectivity index (χ4n) is 10.7. The Balaban J connectivity index is 0.940. The van der Waals surface area contributed by atoms with Crippen LogP contribution in [0.5, 0.6) is 0 Å². The van der Waals surface area contributed by atoms with Crippen LogP contribution >= 0.6 is 0 Å². The molecule has 0 aliphatic rings. The SMILES string of the molecule is c1ccc(-c2ccc(-c3cccc4c3[se]c3cccc(-n5c6ccccc6c6cc(-n7c8ccccc8c8cc(-n9c%10ccccc%10c%10ccccc%109)ccc87)ccc65)c34)cc2)cc1. The summed E-state index contributed by atoms with van der Waals surface area (Å²) in [6, 6.07) is 83.0. The van der Waals surface area contributed by atoms with Crippen molar-refractivity contribution < 1.29 is 0 Å². The van der Waals surface area contributed by atoms with E-state index in [1.807, 2.05) is 0 Å². The predicted octanol–water partition coefficient (Wildman–Crippen LogP) is 15.7. The molecule has 0 bridgehead atoms. The first-order valence-corrected chi connectivity index (χ1v) is 23.6. The van der Waals surface area contributed by atoms with Gasteiger partial charge < -0.3 is 4.57 Å². The number of nitrogens with zero attached hydrogens (tertiary/aromatic N) is 3. The van der Waals surface area contributed by atoms with Crippen LogP contribution in [-0.4, -0.2) is 28.2 Å². The van der Waals surface area contributed by atoms with Gasteiger partial charge in [-0.05, 0) is 12.1 Å². The van der Waals surface area contributed by atoms with Crippen LogP contribution in [-0.2, 0) is 0 Å². The summed E-state index contributed by atoms with van der Waals surface area (Å²) >= 11 is 0.166. The average Bonchev–Trinajstić information content (AvgIpc) is 4.10. The third-order valence-electron chi connectivity index (χ3n) is 13.5. The molecule has 298 valence electrons. The molecule has 4 aromatic heterocycles. The standard InChI is InChI=1S/C60H37N3Se/c1-2-14-38(15-3-1)39-28-30-40(31-29-39)43-20-12-21-48-59-57(26-13-27-58(59)64-60(43)48)63-54-25-11-7-19-47(54)50-37-42(33-35-56(50)63)62-53-24-10-6-18-46(53)49-36-41(32-34-55(49)62)61-51-22-8-4-16-44(51)45-17-5-9-23-52(45)61/h1-37H. The van der Waals surface area contributed by atoms with Crippen molar-refractivity contribution in [1.29, 1.82) is 0 Å². The summed E-state index contributed by atoms with van der Waals surface area (Å²) < 4.78 is 10.3. The topological polar surface area (TPSA) is 14.8 Å². The number of hydrogen-bond acceptors (Lipinski definition) is 0. The normalized spacial score (nSPS) is 12.1. The van der Waals surface area contributed by atoms with E-state index in [0.29, 0.717) is 0 Å². The van der Waals surface area contributed by atoms with Gasteiger partial charge >= 0.3 is 290 Å². The Kier molecular flexibility index (Phi) is 7.70. The van der Waals surface area contributed by atoms with Crippen molar-refractivity contribution in [1.82, 2.24) is 13.7 Å². The Morgan fingerprint density at radius 2 is 0.719 bits per heavy atom. The van der Waals surface area contributed by atoms with Gasteiger partial charge in [0.25, 0.3) is 0 Å². The van der Waals surface area contributed by atoms with E-state index in [-0.39, 0.29) is 14.5 Å². The molecule has 3 nitrogen and oxygen atoms in total. The van der Waals surface area contributed by atoms with Crippen molar-refractivity contribution in [2.45, 2.75) is 0 Å². The van der Waals surface area contributed by atoms with Crippen molar-refractivity contribution in [3.8, 4) is 39.3 Å². The molecule has 4 heteroatoms. The van der Waals surface area contributed by atoms with Gasteiger partial charge in [0, 0.05) is 16.5 Å². The molecule has 0 aliphatic heterocycles. The molecular formula is C60H37N3Se. The van der Waals surface area contributed by atoms with Crippen LogP contribution in [0.15, 0.2) is 224 Å². The van der Waals surface area contributed by atoms with Crippen molar-refractivity contribution in [2.24, 2.45) is 0 Å². The Morgan fingerprint density at radius 1 is 0.281 bits per heavy atom. The molecule has 0 amide bonds. The maximum atomic E-state index is 2.52. The second kappa shape index (κ2) is 13.8. The van der Waals surface area contributed by atoms with E-state index in [9.17, 15) is 0 Å². The van der Waals surface area contributed by atoms with Gasteiger partial charge in [-0.1, -0.05) is 42.5 Å². The van der Waals surface area contributed by atoms with Crippen LogP contribution in [0.1, 0.15) is 0 Å². The molecule has 0 saturated heterocycles. The first-order valence-electron chi connectivity index (χ1n) is 21.9. The Bertz CT molecular complexity index is 4130. The second-order valence-electron chi connectivity index (χ2n) is 16.9. The third-order valence-corrected chi connectivity index (χ3v) is 16.0. The van der Waals surface area contributed by atoms with E-state index in [1.165, 1.54) is 113 Å². The third kappa shape index (κ3) is 5.15. The average molecular weight is 879 g/mol. The molecule has 14 aromatic rings. The van der Waals surface area contributed by atoms with Crippen molar-refractivity contribution >= 4 is 99.2 Å². The van der Waals surface area contributed by atoms with E-state index in [1.54, 1.807) is 0 Å². The van der Waals surface area contributed by atoms with Crippen molar-refractivity contribution in [3.63, 3.8) is 0 Å². The predicted molar refractivity (Wildman–Crippen MR) is 272 cm³/mol. The van der Waals surface area contributed by atoms with E-state index in [0.717, 1.165) is 11.4 Å². The van der Waals surface area contributed by atoms with E-state index >= 15 is 0 Å². The molecule has 4 heterocycles. The minimum atomic E-state index is 0.166. The molecule has 64 heavy (non-hydrogen) atoms. The molecule has 0 atom stereocenters. The zero-order valence-corrected chi connectivity index (χ0v) is 36.3. The Labute approximate surface area is 374 Å². The summed E-state index contributed by atoms with van der Waals surface area (Å²) in [5.41, 5.74) is 15.9. The van der Waals surface area contributed by atoms with Gasteiger partial charge in [0.15, 0.2) is 0 Å². The molecule has 0 saturated carbocycles. The molecular weight excluding hydrogens is 842 g/mol. The molecule has 0 N–H and O–H groups in total. The molecule has 0 spiro atoms. The molecule has 0 unspecified atom stereocenters. The number of aromatic nitrogens is 3. The van der Waals surface area contributed by atoms with Crippen LogP contribution in [0, 0.1) is 0 Å². The quantitative estimate of drug-likeness (QED) is 0.153. The summed E-state index contributed by atoms with van der Waals surface area (Å²) in [4.78, 5) is 0. The van der Waals surface area contributed by atoms with Crippen LogP contribution in [0.3, 0.4) is 0 Å². The summed E-state index contributed by atoms with van der Waals surface area (Å²) in [5, 5.41) is 10.2. The number of hydrogen-bond donors (Lipinski definition) is 0. The number of rotatable bonds is 5. The van der Waals surface area contributed by atoms with Gasteiger partial charge in [-0.3, -0.25) is 0 Å². The van der Waals surface area contributed by atoms with E-state index in [2.05, 4.69) is 238 Å². The van der Waals surface area contributed by atoms with Crippen molar-refractivity contribution in [2.75, 3.05) is 0 Å². The first kappa shape index (κ1) is 35.7. The summed E-state index contributed by atoms with van der Waals surface area (Å²) in [6.45, 7) is 0. The Hall–Kier alpha value is -7.88. The van der Waals surface area contributed by atoms with Gasteiger partial charge in [-0.2, -0.15) is 0 Å². The number of benzene rings is 10. The van der Waals surface area contributed by atoms with E-state index in [4.69, 9.17) is 0 Å². The summed E-state index contributed by atoms with van der Waals surface area (Å²) in [7, 11) is 0. The van der Waals surface area contributed by atoms with Crippen LogP contribution < -0.4 is 0 Å². The molecule has 14 rings (SSSR count).